The second kappa shape index (κ2) is 5.70. The molecule has 0 rings (SSSR count). The van der Waals surface area contributed by atoms with E-state index in [2.05, 4.69) is 5.10 Å². The van der Waals surface area contributed by atoms with Crippen LogP contribution >= 0.6 is 0 Å². The Balaban J connectivity index is 3.76. The first kappa shape index (κ1) is 9.94. The van der Waals surface area contributed by atoms with Crippen molar-refractivity contribution in [2.24, 2.45) is 5.10 Å². The lowest BCUT2D eigenvalue weighted by molar-refractivity contribution is -0.118. The predicted octanol–water partition coefficient (Wildman–Crippen LogP) is 0.360. The topological polar surface area (TPSA) is 35.9 Å². The molecular weight excluding hydrogens is 142 g/mol. The van der Waals surface area contributed by atoms with Crippen molar-refractivity contribution in [2.45, 2.75) is 13.3 Å². The highest BCUT2D eigenvalue weighted by molar-refractivity contribution is 5.56. The number of carbonyl (C=O) groups is 1. The van der Waals surface area contributed by atoms with Crippen molar-refractivity contribution < 1.29 is 4.79 Å². The molecule has 0 saturated carbocycles. The molecule has 0 bridgehead atoms. The Hall–Kier alpha value is -1.06. The fraction of sp³-hybridized carbons (Fsp3) is 0.714. The number of carbonyl (C=O) groups excluding carboxylic acids is 1. The minimum absolute atomic E-state index is 0.674. The van der Waals surface area contributed by atoms with E-state index in [0.29, 0.717) is 6.54 Å². The molecule has 0 aliphatic carbocycles. The summed E-state index contributed by atoms with van der Waals surface area (Å²) in [4.78, 5) is 12.1. The highest BCUT2D eigenvalue weighted by Crippen LogP contribution is 1.86. The van der Waals surface area contributed by atoms with E-state index in [-0.39, 0.29) is 0 Å². The third-order valence-corrected chi connectivity index (χ3v) is 1.01. The zero-order chi connectivity index (χ0) is 8.69. The number of hydrogen-bond acceptors (Lipinski definition) is 2. The van der Waals surface area contributed by atoms with Crippen LogP contribution in [0.5, 0.6) is 0 Å². The van der Waals surface area contributed by atoms with E-state index in [1.54, 1.807) is 11.2 Å². The quantitative estimate of drug-likeness (QED) is 0.250. The molecule has 0 saturated heterocycles. The molecule has 1 amide bonds. The molecule has 0 aromatic carbocycles. The van der Waals surface area contributed by atoms with Crippen molar-refractivity contribution >= 4 is 12.7 Å². The second-order valence-corrected chi connectivity index (χ2v) is 2.46. The van der Waals surface area contributed by atoms with Gasteiger partial charge in [0, 0.05) is 20.6 Å². The number of rotatable bonds is 5. The summed E-state index contributed by atoms with van der Waals surface area (Å²) in [6.45, 7) is 2.68. The Morgan fingerprint density at radius 1 is 1.45 bits per heavy atom. The summed E-state index contributed by atoms with van der Waals surface area (Å²) >= 11 is 0. The zero-order valence-corrected chi connectivity index (χ0v) is 7.32. The second-order valence-electron chi connectivity index (χ2n) is 2.46. The molecule has 0 aliphatic rings. The van der Waals surface area contributed by atoms with Gasteiger partial charge in [0.1, 0.15) is 6.34 Å². The van der Waals surface area contributed by atoms with Gasteiger partial charge in [-0.2, -0.15) is 5.10 Å². The van der Waals surface area contributed by atoms with Gasteiger partial charge in [0.15, 0.2) is 0 Å². The summed E-state index contributed by atoms with van der Waals surface area (Å²) < 4.78 is 0. The normalized spacial score (nSPS) is 10.1. The summed E-state index contributed by atoms with van der Waals surface area (Å²) in [5, 5.41) is 5.27. The highest BCUT2D eigenvalue weighted by Gasteiger charge is 1.93. The smallest absolute Gasteiger partial charge is 0.229 e. The summed E-state index contributed by atoms with van der Waals surface area (Å²) in [7, 11) is 3.72. The van der Waals surface area contributed by atoms with E-state index in [1.165, 1.54) is 5.01 Å². The van der Waals surface area contributed by atoms with Crippen molar-refractivity contribution in [3.8, 4) is 0 Å². The van der Waals surface area contributed by atoms with E-state index < -0.39 is 0 Å². The van der Waals surface area contributed by atoms with Gasteiger partial charge in [-0.25, -0.2) is 5.01 Å². The van der Waals surface area contributed by atoms with Crippen LogP contribution in [0.3, 0.4) is 0 Å². The van der Waals surface area contributed by atoms with E-state index in [4.69, 9.17) is 0 Å². The van der Waals surface area contributed by atoms with E-state index in [1.807, 2.05) is 21.0 Å². The van der Waals surface area contributed by atoms with Gasteiger partial charge in [0.05, 0.1) is 0 Å². The van der Waals surface area contributed by atoms with Gasteiger partial charge in [0.2, 0.25) is 6.41 Å². The molecule has 4 nitrogen and oxygen atoms in total. The van der Waals surface area contributed by atoms with Gasteiger partial charge in [-0.05, 0) is 6.42 Å². The molecule has 0 heterocycles. The lowest BCUT2D eigenvalue weighted by Gasteiger charge is -2.10. The molecule has 11 heavy (non-hydrogen) atoms. The standard InChI is InChI=1S/C7H15N3O/c1-4-5-10(7-11)8-6-9(2)3/h6-7H,4-5H2,1-3H3/b8-6+. The van der Waals surface area contributed by atoms with Gasteiger partial charge in [-0.3, -0.25) is 4.79 Å². The minimum atomic E-state index is 0.674. The maximum absolute atomic E-state index is 10.3. The first-order chi connectivity index (χ1) is 5.20. The number of hydrazone groups is 1. The molecule has 0 radical (unpaired) electrons. The third kappa shape index (κ3) is 5.39. The molecule has 0 N–H and O–H groups in total. The molecule has 0 atom stereocenters. The van der Waals surface area contributed by atoms with E-state index in [0.717, 1.165) is 12.8 Å². The molecular formula is C7H15N3O. The Kier molecular flexibility index (Phi) is 5.15. The van der Waals surface area contributed by atoms with Crippen LogP contribution in [0.1, 0.15) is 13.3 Å². The Morgan fingerprint density at radius 2 is 2.09 bits per heavy atom. The maximum Gasteiger partial charge on any atom is 0.229 e. The summed E-state index contributed by atoms with van der Waals surface area (Å²) in [5.41, 5.74) is 0. The van der Waals surface area contributed by atoms with Gasteiger partial charge < -0.3 is 4.90 Å². The van der Waals surface area contributed by atoms with Crippen LogP contribution < -0.4 is 0 Å². The molecule has 4 heteroatoms. The average Bonchev–Trinajstić information content (AvgIpc) is 1.97. The van der Waals surface area contributed by atoms with Gasteiger partial charge in [0.25, 0.3) is 0 Å². The predicted molar refractivity (Wildman–Crippen MR) is 45.2 cm³/mol. The molecule has 0 spiro atoms. The van der Waals surface area contributed by atoms with E-state index in [9.17, 15) is 4.79 Å². The summed E-state index contributed by atoms with van der Waals surface area (Å²) in [6.07, 6.45) is 3.25. The van der Waals surface area contributed by atoms with Crippen molar-refractivity contribution in [1.29, 1.82) is 0 Å². The monoisotopic (exact) mass is 157 g/mol. The number of amides is 1. The fourth-order valence-electron chi connectivity index (χ4n) is 0.536. The van der Waals surface area contributed by atoms with Crippen LogP contribution in [-0.2, 0) is 4.79 Å². The molecule has 0 aromatic rings. The van der Waals surface area contributed by atoms with Crippen LogP contribution in [0.15, 0.2) is 5.10 Å². The minimum Gasteiger partial charge on any atom is -0.367 e. The molecule has 0 fully saturated rings. The van der Waals surface area contributed by atoms with Gasteiger partial charge in [-0.1, -0.05) is 6.92 Å². The van der Waals surface area contributed by atoms with Crippen LogP contribution in [0.2, 0.25) is 0 Å². The lowest BCUT2D eigenvalue weighted by Crippen LogP contribution is -2.19. The Bertz CT molecular complexity index is 134. The van der Waals surface area contributed by atoms with Gasteiger partial charge in [-0.15, -0.1) is 0 Å². The van der Waals surface area contributed by atoms with Crippen molar-refractivity contribution in [2.75, 3.05) is 20.6 Å². The fourth-order valence-corrected chi connectivity index (χ4v) is 0.536. The van der Waals surface area contributed by atoms with E-state index >= 15 is 0 Å². The van der Waals surface area contributed by atoms with Crippen molar-refractivity contribution in [3.05, 3.63) is 0 Å². The van der Waals surface area contributed by atoms with Gasteiger partial charge >= 0.3 is 0 Å². The Morgan fingerprint density at radius 3 is 2.45 bits per heavy atom. The molecule has 0 aliphatic heterocycles. The molecule has 64 valence electrons. The third-order valence-electron chi connectivity index (χ3n) is 1.01. The van der Waals surface area contributed by atoms with Crippen LogP contribution in [0.4, 0.5) is 0 Å². The largest absolute Gasteiger partial charge is 0.367 e. The van der Waals surface area contributed by atoms with Crippen LogP contribution in [-0.4, -0.2) is 43.3 Å². The zero-order valence-electron chi connectivity index (χ0n) is 7.32. The number of hydrogen-bond donors (Lipinski definition) is 0. The summed E-state index contributed by atoms with van der Waals surface area (Å²) in [6, 6.07) is 0. The lowest BCUT2D eigenvalue weighted by atomic mass is 10.5. The first-order valence-electron chi connectivity index (χ1n) is 3.63. The maximum atomic E-state index is 10.3. The molecule has 0 unspecified atom stereocenters. The number of nitrogens with zero attached hydrogens (tertiary/aromatic N) is 3. The van der Waals surface area contributed by atoms with Crippen LogP contribution in [0, 0.1) is 0 Å². The SMILES string of the molecule is CCCN(C=O)/N=C/N(C)C. The highest BCUT2D eigenvalue weighted by atomic mass is 16.1. The summed E-state index contributed by atoms with van der Waals surface area (Å²) in [5.74, 6) is 0. The average molecular weight is 157 g/mol. The van der Waals surface area contributed by atoms with Crippen molar-refractivity contribution in [3.63, 3.8) is 0 Å². The first-order valence-corrected chi connectivity index (χ1v) is 3.63. The van der Waals surface area contributed by atoms with Crippen LogP contribution in [0.25, 0.3) is 0 Å². The van der Waals surface area contributed by atoms with Crippen molar-refractivity contribution in [1.82, 2.24) is 9.91 Å². The Labute approximate surface area is 67.5 Å². The molecule has 0 aromatic heterocycles.